The number of hydrogen-bond donors (Lipinski definition) is 0. The first kappa shape index (κ1) is 18.9. The van der Waals surface area contributed by atoms with Gasteiger partial charge < -0.3 is 0 Å². The van der Waals surface area contributed by atoms with Crippen molar-refractivity contribution in [3.63, 3.8) is 0 Å². The largest absolute Gasteiger partial charge is 0.0616 e. The van der Waals surface area contributed by atoms with Crippen LogP contribution in [0.5, 0.6) is 0 Å². The molecule has 2 aliphatic carbocycles. The Kier molecular flexibility index (Phi) is 3.69. The molecule has 0 N–H and O–H groups in total. The highest BCUT2D eigenvalue weighted by molar-refractivity contribution is 6.18. The van der Waals surface area contributed by atoms with E-state index in [1.54, 1.807) is 0 Å². The number of rotatable bonds is 2. The Bertz CT molecular complexity index is 1580. The normalized spacial score (nSPS) is 14.3. The molecule has 2 aliphatic rings. The molecule has 0 radical (unpaired) electrons. The number of fused-ring (bicyclic) bond motifs is 6. The lowest BCUT2D eigenvalue weighted by molar-refractivity contribution is 0.659. The molecule has 0 atom stereocenters. The molecule has 0 aromatic heterocycles. The first-order valence-electron chi connectivity index (χ1n) is 12.0. The van der Waals surface area contributed by atoms with Crippen LogP contribution >= 0.6 is 0 Å². The van der Waals surface area contributed by atoms with Crippen molar-refractivity contribution in [1.29, 1.82) is 0 Å². The number of aryl methyl sites for hydroxylation is 1. The third-order valence-electron chi connectivity index (χ3n) is 8.01. The van der Waals surface area contributed by atoms with E-state index in [1.807, 2.05) is 0 Å². The predicted molar refractivity (Wildman–Crippen MR) is 141 cm³/mol. The molecule has 5 aromatic rings. The summed E-state index contributed by atoms with van der Waals surface area (Å²) in [4.78, 5) is 0. The molecule has 0 spiro atoms. The van der Waals surface area contributed by atoms with E-state index in [2.05, 4.69) is 112 Å². The van der Waals surface area contributed by atoms with Gasteiger partial charge in [-0.1, -0.05) is 106 Å². The molecule has 0 saturated carbocycles. The van der Waals surface area contributed by atoms with Gasteiger partial charge in [0.05, 0.1) is 0 Å². The van der Waals surface area contributed by atoms with Crippen molar-refractivity contribution in [2.24, 2.45) is 0 Å². The molecule has 0 nitrogen and oxygen atoms in total. The van der Waals surface area contributed by atoms with Crippen LogP contribution in [-0.4, -0.2) is 0 Å². The van der Waals surface area contributed by atoms with Crippen molar-refractivity contribution in [3.8, 4) is 44.5 Å². The minimum absolute atomic E-state index is 0.0109. The lowest BCUT2D eigenvalue weighted by Gasteiger charge is -2.22. The van der Waals surface area contributed by atoms with Crippen molar-refractivity contribution >= 4 is 10.8 Å². The van der Waals surface area contributed by atoms with E-state index in [-0.39, 0.29) is 5.41 Å². The topological polar surface area (TPSA) is 0 Å². The van der Waals surface area contributed by atoms with Gasteiger partial charge in [-0.3, -0.25) is 0 Å². The van der Waals surface area contributed by atoms with Crippen LogP contribution in [0.3, 0.4) is 0 Å². The van der Waals surface area contributed by atoms with Gasteiger partial charge in [-0.2, -0.15) is 0 Å². The third-order valence-corrected chi connectivity index (χ3v) is 8.01. The summed E-state index contributed by atoms with van der Waals surface area (Å²) in [6.45, 7) is 7.00. The van der Waals surface area contributed by atoms with E-state index < -0.39 is 0 Å². The summed E-state index contributed by atoms with van der Waals surface area (Å²) in [5.74, 6) is 0. The lowest BCUT2D eigenvalue weighted by atomic mass is 9.81. The fraction of sp³-hybridized carbons (Fsp3) is 0.152. The van der Waals surface area contributed by atoms with Crippen LogP contribution in [0.4, 0.5) is 0 Å². The van der Waals surface area contributed by atoms with E-state index in [0.29, 0.717) is 0 Å². The lowest BCUT2D eigenvalue weighted by Crippen LogP contribution is -2.15. The highest BCUT2D eigenvalue weighted by atomic mass is 14.4. The van der Waals surface area contributed by atoms with Crippen molar-refractivity contribution in [3.05, 3.63) is 108 Å². The number of hydrogen-bond acceptors (Lipinski definition) is 0. The van der Waals surface area contributed by atoms with Gasteiger partial charge in [0, 0.05) is 5.41 Å². The molecule has 0 heterocycles. The smallest absolute Gasteiger partial charge is 0.0159 e. The van der Waals surface area contributed by atoms with Gasteiger partial charge in [0.25, 0.3) is 0 Å². The molecule has 158 valence electrons. The van der Waals surface area contributed by atoms with Gasteiger partial charge in [0.1, 0.15) is 0 Å². The molecule has 0 amide bonds. The highest BCUT2D eigenvalue weighted by Crippen LogP contribution is 2.52. The maximum atomic E-state index is 2.45. The Hall–Kier alpha value is -3.64. The molecule has 0 fully saturated rings. The van der Waals surface area contributed by atoms with Crippen LogP contribution in [0.1, 0.15) is 37.5 Å². The average Bonchev–Trinajstić information content (AvgIpc) is 3.30. The van der Waals surface area contributed by atoms with Gasteiger partial charge in [-0.15, -0.1) is 0 Å². The van der Waals surface area contributed by atoms with Crippen LogP contribution in [0.25, 0.3) is 55.3 Å². The minimum Gasteiger partial charge on any atom is -0.0616 e. The Morgan fingerprint density at radius 2 is 1.15 bits per heavy atom. The first-order valence-corrected chi connectivity index (χ1v) is 12.0. The van der Waals surface area contributed by atoms with Crippen LogP contribution in [0, 0.1) is 0 Å². The second kappa shape index (κ2) is 6.45. The summed E-state index contributed by atoms with van der Waals surface area (Å²) in [5, 5.41) is 2.74. The van der Waals surface area contributed by atoms with E-state index in [0.717, 1.165) is 6.42 Å². The molecular formula is C33H26. The summed E-state index contributed by atoms with van der Waals surface area (Å²) in [7, 11) is 0. The van der Waals surface area contributed by atoms with Gasteiger partial charge >= 0.3 is 0 Å². The maximum absolute atomic E-state index is 2.45. The van der Waals surface area contributed by atoms with Crippen LogP contribution in [0.2, 0.25) is 0 Å². The van der Waals surface area contributed by atoms with Gasteiger partial charge in [-0.05, 0) is 84.5 Å². The molecular weight excluding hydrogens is 396 g/mol. The summed E-state index contributed by atoms with van der Waals surface area (Å²) in [6, 6.07) is 34.4. The van der Waals surface area contributed by atoms with Crippen molar-refractivity contribution in [2.75, 3.05) is 0 Å². The predicted octanol–water partition coefficient (Wildman–Crippen LogP) is 9.02. The Morgan fingerprint density at radius 3 is 1.91 bits per heavy atom. The molecule has 0 unspecified atom stereocenters. The zero-order valence-corrected chi connectivity index (χ0v) is 19.4. The standard InChI is InChI=1S/C33H26/c1-4-20-12-14-25-26-15-13-21(19-31(26)33(2,3)30(25)18-20)22-16-17-29-24-9-6-5-8-23(24)28-11-7-10-27(22)32(28)29/h5-19H,4H2,1-3H3. The molecule has 0 bridgehead atoms. The Morgan fingerprint density at radius 1 is 0.545 bits per heavy atom. The van der Waals surface area contributed by atoms with Gasteiger partial charge in [-0.25, -0.2) is 0 Å². The Balaban J connectivity index is 1.44. The zero-order valence-electron chi connectivity index (χ0n) is 19.4. The maximum Gasteiger partial charge on any atom is 0.0159 e. The second-order valence-corrected chi connectivity index (χ2v) is 10.1. The SMILES string of the molecule is CCc1ccc2c(c1)C(C)(C)c1cc(-c3ccc4c5c(cccc35)-c3ccccc3-4)ccc1-2. The fourth-order valence-corrected chi connectivity index (χ4v) is 6.23. The minimum atomic E-state index is 0.0109. The van der Waals surface area contributed by atoms with Crippen molar-refractivity contribution < 1.29 is 0 Å². The molecule has 7 rings (SSSR count). The van der Waals surface area contributed by atoms with E-state index in [1.165, 1.54) is 72.0 Å². The van der Waals surface area contributed by atoms with Crippen LogP contribution in [-0.2, 0) is 11.8 Å². The average molecular weight is 423 g/mol. The molecule has 0 aliphatic heterocycles. The molecule has 0 heteroatoms. The quantitative estimate of drug-likeness (QED) is 0.261. The summed E-state index contributed by atoms with van der Waals surface area (Å²) < 4.78 is 0. The van der Waals surface area contributed by atoms with Gasteiger partial charge in [0.15, 0.2) is 0 Å². The summed E-state index contributed by atoms with van der Waals surface area (Å²) in [6.07, 6.45) is 1.08. The third kappa shape index (κ3) is 2.41. The van der Waals surface area contributed by atoms with Crippen LogP contribution in [0.15, 0.2) is 91.0 Å². The summed E-state index contributed by atoms with van der Waals surface area (Å²) >= 11 is 0. The van der Waals surface area contributed by atoms with Gasteiger partial charge in [0.2, 0.25) is 0 Å². The number of benzene rings is 5. The first-order chi connectivity index (χ1) is 16.1. The fourth-order valence-electron chi connectivity index (χ4n) is 6.23. The van der Waals surface area contributed by atoms with E-state index in [4.69, 9.17) is 0 Å². The highest BCUT2D eigenvalue weighted by Gasteiger charge is 2.35. The zero-order chi connectivity index (χ0) is 22.3. The molecule has 33 heavy (non-hydrogen) atoms. The monoisotopic (exact) mass is 422 g/mol. The van der Waals surface area contributed by atoms with E-state index >= 15 is 0 Å². The van der Waals surface area contributed by atoms with E-state index in [9.17, 15) is 0 Å². The van der Waals surface area contributed by atoms with Crippen LogP contribution < -0.4 is 0 Å². The summed E-state index contributed by atoms with van der Waals surface area (Å²) in [5.41, 5.74) is 15.2. The molecule has 0 saturated heterocycles. The second-order valence-electron chi connectivity index (χ2n) is 10.1. The van der Waals surface area contributed by atoms with Crippen molar-refractivity contribution in [1.82, 2.24) is 0 Å². The Labute approximate surface area is 195 Å². The molecule has 5 aromatic carbocycles. The van der Waals surface area contributed by atoms with Crippen molar-refractivity contribution in [2.45, 2.75) is 32.6 Å².